The van der Waals surface area contributed by atoms with Crippen molar-refractivity contribution in [1.29, 1.82) is 0 Å². The van der Waals surface area contributed by atoms with Crippen LogP contribution >= 0.6 is 23.1 Å². The molecule has 3 aromatic heterocycles. The molecule has 3 atom stereocenters. The van der Waals surface area contributed by atoms with Crippen LogP contribution < -0.4 is 9.64 Å². The molecule has 7 nitrogen and oxygen atoms in total. The standard InChI is InChI=1S/C27H28FN5O2S2/c1-36-18-4-5-19(22(28)12-18)21-13-37-24-23(21)29-14-30-26(24)34-17-6-8-33(9-7-17)27-31-25(32-35-27)20-11-15-2-3-16(20)10-15/h4-5,12-17,20H,2-3,6-11H2,1H3. The minimum atomic E-state index is -0.246. The Kier molecular flexibility index (Phi) is 6.04. The Hall–Kier alpha value is -2.72. The van der Waals surface area contributed by atoms with E-state index >= 15 is 0 Å². The molecule has 2 saturated carbocycles. The fraction of sp³-hybridized carbons (Fsp3) is 0.481. The lowest BCUT2D eigenvalue weighted by Crippen LogP contribution is -2.38. The van der Waals surface area contributed by atoms with Gasteiger partial charge in [0.05, 0.1) is 5.52 Å². The maximum absolute atomic E-state index is 14.8. The second kappa shape index (κ2) is 9.54. The summed E-state index contributed by atoms with van der Waals surface area (Å²) >= 11 is 3.02. The van der Waals surface area contributed by atoms with Gasteiger partial charge < -0.3 is 14.2 Å². The third-order valence-electron chi connectivity index (χ3n) is 8.28. The van der Waals surface area contributed by atoms with E-state index in [1.165, 1.54) is 55.1 Å². The molecule has 0 N–H and O–H groups in total. The van der Waals surface area contributed by atoms with Crippen molar-refractivity contribution in [3.05, 3.63) is 41.5 Å². The van der Waals surface area contributed by atoms with Crippen molar-refractivity contribution in [2.75, 3.05) is 24.2 Å². The number of anilines is 1. The number of thiophene rings is 1. The van der Waals surface area contributed by atoms with Crippen molar-refractivity contribution >= 4 is 39.3 Å². The van der Waals surface area contributed by atoms with E-state index < -0.39 is 0 Å². The van der Waals surface area contributed by atoms with E-state index in [4.69, 9.17) is 14.2 Å². The van der Waals surface area contributed by atoms with Crippen molar-refractivity contribution in [2.24, 2.45) is 11.8 Å². The first-order chi connectivity index (χ1) is 18.2. The molecule has 1 aliphatic heterocycles. The Morgan fingerprint density at radius 3 is 2.76 bits per heavy atom. The fourth-order valence-corrected chi connectivity index (χ4v) is 7.71. The number of benzene rings is 1. The molecule has 0 spiro atoms. The maximum atomic E-state index is 14.8. The largest absolute Gasteiger partial charge is 0.473 e. The second-order valence-electron chi connectivity index (χ2n) is 10.4. The lowest BCUT2D eigenvalue weighted by atomic mass is 9.88. The number of aromatic nitrogens is 4. The van der Waals surface area contributed by atoms with E-state index in [0.29, 0.717) is 23.4 Å². The Labute approximate surface area is 222 Å². The molecule has 37 heavy (non-hydrogen) atoms. The van der Waals surface area contributed by atoms with Gasteiger partial charge in [-0.05, 0) is 49.5 Å². The van der Waals surface area contributed by atoms with Crippen LogP contribution in [0.1, 0.15) is 50.3 Å². The molecule has 0 radical (unpaired) electrons. The van der Waals surface area contributed by atoms with Crippen molar-refractivity contribution in [3.8, 4) is 17.0 Å². The van der Waals surface area contributed by atoms with Gasteiger partial charge in [0, 0.05) is 53.3 Å². The van der Waals surface area contributed by atoms with Gasteiger partial charge in [0.2, 0.25) is 5.88 Å². The number of hydrogen-bond acceptors (Lipinski definition) is 9. The molecule has 4 heterocycles. The van der Waals surface area contributed by atoms with Gasteiger partial charge >= 0.3 is 6.01 Å². The van der Waals surface area contributed by atoms with Crippen LogP contribution in [0.5, 0.6) is 5.88 Å². The summed E-state index contributed by atoms with van der Waals surface area (Å²) in [5.74, 6) is 3.30. The SMILES string of the molecule is CSc1ccc(-c2csc3c(OC4CCN(c5nc(C6CC7CCC6C7)no5)CC4)ncnc23)c(F)c1. The monoisotopic (exact) mass is 537 g/mol. The van der Waals surface area contributed by atoms with Crippen LogP contribution in [0.25, 0.3) is 21.3 Å². The molecular formula is C27H28FN5O2S2. The van der Waals surface area contributed by atoms with Crippen LogP contribution in [-0.4, -0.2) is 45.6 Å². The number of halogens is 1. The van der Waals surface area contributed by atoms with Gasteiger partial charge in [-0.1, -0.05) is 17.6 Å². The predicted octanol–water partition coefficient (Wildman–Crippen LogP) is 6.55. The highest BCUT2D eigenvalue weighted by molar-refractivity contribution is 7.98. The fourth-order valence-electron chi connectivity index (χ4n) is 6.33. The number of nitrogens with zero attached hydrogens (tertiary/aromatic N) is 5. The van der Waals surface area contributed by atoms with E-state index in [1.54, 1.807) is 6.07 Å². The summed E-state index contributed by atoms with van der Waals surface area (Å²) in [6, 6.07) is 5.96. The van der Waals surface area contributed by atoms with Crippen LogP contribution in [0.15, 0.2) is 39.3 Å². The Morgan fingerprint density at radius 2 is 2.00 bits per heavy atom. The van der Waals surface area contributed by atoms with Gasteiger partial charge in [-0.3, -0.25) is 0 Å². The van der Waals surface area contributed by atoms with Crippen LogP contribution in [0.4, 0.5) is 10.4 Å². The number of fused-ring (bicyclic) bond motifs is 3. The molecule has 1 saturated heterocycles. The summed E-state index contributed by atoms with van der Waals surface area (Å²) in [5.41, 5.74) is 2.04. The topological polar surface area (TPSA) is 77.2 Å². The van der Waals surface area contributed by atoms with Gasteiger partial charge in [0.15, 0.2) is 5.82 Å². The maximum Gasteiger partial charge on any atom is 0.324 e. The summed E-state index contributed by atoms with van der Waals surface area (Å²) in [6.45, 7) is 1.58. The zero-order valence-electron chi connectivity index (χ0n) is 20.6. The smallest absolute Gasteiger partial charge is 0.324 e. The van der Waals surface area contributed by atoms with Crippen molar-refractivity contribution < 1.29 is 13.7 Å². The Morgan fingerprint density at radius 1 is 1.11 bits per heavy atom. The minimum Gasteiger partial charge on any atom is -0.473 e. The van der Waals surface area contributed by atoms with E-state index in [1.807, 2.05) is 23.8 Å². The molecular weight excluding hydrogens is 509 g/mol. The molecule has 7 rings (SSSR count). The Balaban J connectivity index is 1.03. The van der Waals surface area contributed by atoms with Crippen LogP contribution in [-0.2, 0) is 0 Å². The molecule has 3 aliphatic rings. The summed E-state index contributed by atoms with van der Waals surface area (Å²) in [4.78, 5) is 16.8. The number of rotatable bonds is 6. The minimum absolute atomic E-state index is 0.0328. The molecule has 3 fully saturated rings. The highest BCUT2D eigenvalue weighted by Crippen LogP contribution is 2.52. The number of ether oxygens (including phenoxy) is 1. The predicted molar refractivity (Wildman–Crippen MR) is 143 cm³/mol. The highest BCUT2D eigenvalue weighted by Gasteiger charge is 2.42. The zero-order chi connectivity index (χ0) is 24.9. The molecule has 1 aromatic carbocycles. The van der Waals surface area contributed by atoms with E-state index in [2.05, 4.69) is 20.0 Å². The van der Waals surface area contributed by atoms with E-state index in [-0.39, 0.29) is 11.9 Å². The first-order valence-electron chi connectivity index (χ1n) is 13.0. The van der Waals surface area contributed by atoms with Crippen LogP contribution in [0.3, 0.4) is 0 Å². The average Bonchev–Trinajstić information content (AvgIpc) is 3.73. The molecule has 10 heteroatoms. The molecule has 4 aromatic rings. The van der Waals surface area contributed by atoms with Crippen molar-refractivity contribution in [2.45, 2.75) is 55.4 Å². The van der Waals surface area contributed by atoms with Gasteiger partial charge in [-0.2, -0.15) is 4.98 Å². The first kappa shape index (κ1) is 23.4. The first-order valence-corrected chi connectivity index (χ1v) is 15.1. The normalized spacial score (nSPS) is 23.8. The summed E-state index contributed by atoms with van der Waals surface area (Å²) in [6.07, 6.45) is 10.4. The number of hydrogen-bond donors (Lipinski definition) is 0. The summed E-state index contributed by atoms with van der Waals surface area (Å²) in [5, 5.41) is 6.29. The second-order valence-corrected chi connectivity index (χ2v) is 12.1. The van der Waals surface area contributed by atoms with Gasteiger partial charge in [-0.15, -0.1) is 23.1 Å². The van der Waals surface area contributed by atoms with Crippen molar-refractivity contribution in [1.82, 2.24) is 20.1 Å². The average molecular weight is 538 g/mol. The third-order valence-corrected chi connectivity index (χ3v) is 9.96. The number of piperidine rings is 1. The van der Waals surface area contributed by atoms with Gasteiger partial charge in [0.25, 0.3) is 0 Å². The zero-order valence-corrected chi connectivity index (χ0v) is 22.2. The lowest BCUT2D eigenvalue weighted by molar-refractivity contribution is 0.164. The molecule has 192 valence electrons. The summed E-state index contributed by atoms with van der Waals surface area (Å²) < 4.78 is 27.7. The molecule has 2 bridgehead atoms. The van der Waals surface area contributed by atoms with Crippen LogP contribution in [0, 0.1) is 17.7 Å². The highest BCUT2D eigenvalue weighted by atomic mass is 32.2. The van der Waals surface area contributed by atoms with Crippen LogP contribution in [0.2, 0.25) is 0 Å². The third kappa shape index (κ3) is 4.27. The van der Waals surface area contributed by atoms with E-state index in [9.17, 15) is 4.39 Å². The summed E-state index contributed by atoms with van der Waals surface area (Å²) in [7, 11) is 0. The lowest BCUT2D eigenvalue weighted by Gasteiger charge is -2.30. The number of thioether (sulfide) groups is 1. The Bertz CT molecular complexity index is 1430. The molecule has 3 unspecified atom stereocenters. The van der Waals surface area contributed by atoms with Crippen molar-refractivity contribution in [3.63, 3.8) is 0 Å². The molecule has 0 amide bonds. The molecule has 2 aliphatic carbocycles. The quantitative estimate of drug-likeness (QED) is 0.256. The van der Waals surface area contributed by atoms with Gasteiger partial charge in [0.1, 0.15) is 22.9 Å². The van der Waals surface area contributed by atoms with Gasteiger partial charge in [-0.25, -0.2) is 14.4 Å². The van der Waals surface area contributed by atoms with E-state index in [0.717, 1.165) is 64.3 Å².